The fourth-order valence-corrected chi connectivity index (χ4v) is 3.44. The van der Waals surface area contributed by atoms with Crippen LogP contribution >= 0.6 is 0 Å². The molecule has 2 N–H and O–H groups in total. The molecule has 1 saturated carbocycles. The molecule has 2 rings (SSSR count). The molecular weight excluding hydrogens is 254 g/mol. The number of likely N-dealkylation sites (N-methyl/N-ethyl adjacent to an activating group) is 1. The lowest BCUT2D eigenvalue weighted by Gasteiger charge is -2.24. The first kappa shape index (κ1) is 15.3. The third-order valence-corrected chi connectivity index (χ3v) is 4.37. The van der Waals surface area contributed by atoms with E-state index in [9.17, 15) is 9.59 Å². The Hall–Kier alpha value is -1.10. The highest BCUT2D eigenvalue weighted by Crippen LogP contribution is 2.33. The smallest absolute Gasteiger partial charge is 0.239 e. The first-order chi connectivity index (χ1) is 9.47. The Kier molecular flexibility index (Phi) is 5.02. The number of nitrogens with one attached hydrogen (secondary N) is 2. The summed E-state index contributed by atoms with van der Waals surface area (Å²) in [6, 6.07) is 0.522. The lowest BCUT2D eigenvalue weighted by Crippen LogP contribution is -2.47. The fourth-order valence-electron chi connectivity index (χ4n) is 3.44. The molecule has 1 saturated heterocycles. The van der Waals surface area contributed by atoms with E-state index in [4.69, 9.17) is 0 Å². The lowest BCUT2D eigenvalue weighted by atomic mass is 9.85. The maximum Gasteiger partial charge on any atom is 0.239 e. The number of carbonyl (C=O) groups is 2. The summed E-state index contributed by atoms with van der Waals surface area (Å²) in [6.07, 6.45) is 5.91. The molecular formula is C15H27N3O2. The van der Waals surface area contributed by atoms with Crippen LogP contribution in [0.25, 0.3) is 0 Å². The molecule has 0 radical (unpaired) electrons. The standard InChI is InChI=1S/C15H27N3O2/c1-10(2)16-14(19)9-18(3)15(20)13-8-11-6-4-5-7-12(11)17-13/h10-13,17H,4-9H2,1-3H3,(H,16,19). The maximum absolute atomic E-state index is 12.4. The fraction of sp³-hybridized carbons (Fsp3) is 0.867. The second-order valence-electron chi connectivity index (χ2n) is 6.52. The molecule has 0 aromatic heterocycles. The summed E-state index contributed by atoms with van der Waals surface area (Å²) >= 11 is 0. The van der Waals surface area contributed by atoms with Crippen molar-refractivity contribution >= 4 is 11.8 Å². The quantitative estimate of drug-likeness (QED) is 0.804. The molecule has 3 atom stereocenters. The van der Waals surface area contributed by atoms with Gasteiger partial charge in [-0.1, -0.05) is 12.8 Å². The van der Waals surface area contributed by atoms with Crippen molar-refractivity contribution in [1.29, 1.82) is 0 Å². The van der Waals surface area contributed by atoms with E-state index >= 15 is 0 Å². The molecule has 0 bridgehead atoms. The number of fused-ring (bicyclic) bond motifs is 1. The summed E-state index contributed by atoms with van der Waals surface area (Å²) in [7, 11) is 1.71. The highest BCUT2D eigenvalue weighted by Gasteiger charge is 2.39. The molecule has 3 unspecified atom stereocenters. The number of hydrogen-bond acceptors (Lipinski definition) is 3. The van der Waals surface area contributed by atoms with Crippen molar-refractivity contribution in [3.63, 3.8) is 0 Å². The average molecular weight is 281 g/mol. The molecule has 1 heterocycles. The second-order valence-corrected chi connectivity index (χ2v) is 6.52. The van der Waals surface area contributed by atoms with Crippen LogP contribution in [0.4, 0.5) is 0 Å². The lowest BCUT2D eigenvalue weighted by molar-refractivity contribution is -0.136. The minimum absolute atomic E-state index is 0.0540. The van der Waals surface area contributed by atoms with E-state index in [1.807, 2.05) is 13.8 Å². The van der Waals surface area contributed by atoms with Crippen molar-refractivity contribution in [3.8, 4) is 0 Å². The maximum atomic E-state index is 12.4. The molecule has 1 aliphatic heterocycles. The Morgan fingerprint density at radius 1 is 1.30 bits per heavy atom. The highest BCUT2D eigenvalue weighted by molar-refractivity contribution is 5.87. The Morgan fingerprint density at radius 3 is 2.65 bits per heavy atom. The van der Waals surface area contributed by atoms with Crippen LogP contribution in [-0.4, -0.2) is 48.4 Å². The first-order valence-corrected chi connectivity index (χ1v) is 7.77. The minimum Gasteiger partial charge on any atom is -0.352 e. The van der Waals surface area contributed by atoms with Gasteiger partial charge in [0, 0.05) is 19.1 Å². The first-order valence-electron chi connectivity index (χ1n) is 7.77. The van der Waals surface area contributed by atoms with E-state index in [-0.39, 0.29) is 30.4 Å². The van der Waals surface area contributed by atoms with E-state index in [2.05, 4.69) is 10.6 Å². The molecule has 0 spiro atoms. The minimum atomic E-state index is -0.0973. The zero-order valence-electron chi connectivity index (χ0n) is 12.8. The summed E-state index contributed by atoms with van der Waals surface area (Å²) in [5.74, 6) is 0.611. The molecule has 5 heteroatoms. The number of nitrogens with zero attached hydrogens (tertiary/aromatic N) is 1. The number of carbonyl (C=O) groups excluding carboxylic acids is 2. The van der Waals surface area contributed by atoms with Gasteiger partial charge in [0.15, 0.2) is 0 Å². The van der Waals surface area contributed by atoms with Gasteiger partial charge in [-0.25, -0.2) is 0 Å². The van der Waals surface area contributed by atoms with Gasteiger partial charge < -0.3 is 15.5 Å². The van der Waals surface area contributed by atoms with Crippen LogP contribution in [-0.2, 0) is 9.59 Å². The van der Waals surface area contributed by atoms with E-state index in [0.717, 1.165) is 6.42 Å². The molecule has 2 fully saturated rings. The van der Waals surface area contributed by atoms with Gasteiger partial charge in [-0.15, -0.1) is 0 Å². The van der Waals surface area contributed by atoms with Gasteiger partial charge in [-0.2, -0.15) is 0 Å². The molecule has 20 heavy (non-hydrogen) atoms. The van der Waals surface area contributed by atoms with Gasteiger partial charge in [-0.3, -0.25) is 9.59 Å². The van der Waals surface area contributed by atoms with Crippen molar-refractivity contribution in [3.05, 3.63) is 0 Å². The third-order valence-electron chi connectivity index (χ3n) is 4.37. The summed E-state index contributed by atoms with van der Waals surface area (Å²) in [5, 5.41) is 6.28. The molecule has 114 valence electrons. The van der Waals surface area contributed by atoms with Gasteiger partial charge in [0.25, 0.3) is 0 Å². The molecule has 2 amide bonds. The van der Waals surface area contributed by atoms with Crippen molar-refractivity contribution in [2.24, 2.45) is 5.92 Å². The van der Waals surface area contributed by atoms with Crippen molar-refractivity contribution in [1.82, 2.24) is 15.5 Å². The van der Waals surface area contributed by atoms with Crippen LogP contribution in [0, 0.1) is 5.92 Å². The average Bonchev–Trinajstić information content (AvgIpc) is 2.80. The summed E-state index contributed by atoms with van der Waals surface area (Å²) in [4.78, 5) is 25.7. The number of hydrogen-bond donors (Lipinski definition) is 2. The Balaban J connectivity index is 1.83. The predicted octanol–water partition coefficient (Wildman–Crippen LogP) is 0.890. The Bertz CT molecular complexity index is 356. The van der Waals surface area contributed by atoms with Crippen LogP contribution in [0.5, 0.6) is 0 Å². The number of amides is 2. The highest BCUT2D eigenvalue weighted by atomic mass is 16.2. The topological polar surface area (TPSA) is 61.4 Å². The van der Waals surface area contributed by atoms with Crippen LogP contribution < -0.4 is 10.6 Å². The van der Waals surface area contributed by atoms with Gasteiger partial charge in [-0.05, 0) is 39.0 Å². The molecule has 5 nitrogen and oxygen atoms in total. The summed E-state index contributed by atoms with van der Waals surface area (Å²) in [5.41, 5.74) is 0. The third kappa shape index (κ3) is 3.72. The zero-order valence-corrected chi connectivity index (χ0v) is 12.8. The zero-order chi connectivity index (χ0) is 14.7. The largest absolute Gasteiger partial charge is 0.352 e. The van der Waals surface area contributed by atoms with Gasteiger partial charge in [0.1, 0.15) is 0 Å². The molecule has 2 aliphatic rings. The Morgan fingerprint density at radius 2 is 2.00 bits per heavy atom. The molecule has 0 aromatic carbocycles. The molecule has 1 aliphatic carbocycles. The van der Waals surface area contributed by atoms with E-state index in [1.54, 1.807) is 11.9 Å². The van der Waals surface area contributed by atoms with E-state index in [0.29, 0.717) is 12.0 Å². The van der Waals surface area contributed by atoms with E-state index < -0.39 is 0 Å². The van der Waals surface area contributed by atoms with Crippen molar-refractivity contribution in [2.75, 3.05) is 13.6 Å². The second kappa shape index (κ2) is 6.57. The Labute approximate surface area is 121 Å². The summed E-state index contributed by atoms with van der Waals surface area (Å²) < 4.78 is 0. The summed E-state index contributed by atoms with van der Waals surface area (Å²) in [6.45, 7) is 3.98. The van der Waals surface area contributed by atoms with E-state index in [1.165, 1.54) is 25.7 Å². The predicted molar refractivity (Wildman–Crippen MR) is 78.2 cm³/mol. The van der Waals surface area contributed by atoms with Crippen LogP contribution in [0.1, 0.15) is 46.0 Å². The van der Waals surface area contributed by atoms with Gasteiger partial charge in [0.2, 0.25) is 11.8 Å². The van der Waals surface area contributed by atoms with Crippen LogP contribution in [0.2, 0.25) is 0 Å². The van der Waals surface area contributed by atoms with Gasteiger partial charge in [0.05, 0.1) is 12.6 Å². The number of rotatable bonds is 4. The van der Waals surface area contributed by atoms with Crippen LogP contribution in [0.15, 0.2) is 0 Å². The van der Waals surface area contributed by atoms with Crippen molar-refractivity contribution < 1.29 is 9.59 Å². The molecule has 0 aromatic rings. The monoisotopic (exact) mass is 281 g/mol. The van der Waals surface area contributed by atoms with Crippen LogP contribution in [0.3, 0.4) is 0 Å². The SMILES string of the molecule is CC(C)NC(=O)CN(C)C(=O)C1CC2CCCCC2N1. The van der Waals surface area contributed by atoms with Crippen molar-refractivity contribution in [2.45, 2.75) is 64.1 Å². The normalized spacial score (nSPS) is 29.1. The van der Waals surface area contributed by atoms with Gasteiger partial charge >= 0.3 is 0 Å².